The van der Waals surface area contributed by atoms with E-state index in [4.69, 9.17) is 4.74 Å². The molecule has 0 spiro atoms. The second-order valence-corrected chi connectivity index (χ2v) is 8.20. The van der Waals surface area contributed by atoms with Crippen molar-refractivity contribution in [2.24, 2.45) is 4.99 Å². The number of amides is 1. The minimum atomic E-state index is -0.0152. The van der Waals surface area contributed by atoms with Gasteiger partial charge in [-0.25, -0.2) is 14.7 Å². The summed E-state index contributed by atoms with van der Waals surface area (Å²) in [5, 5.41) is 11.5. The second kappa shape index (κ2) is 12.5. The Labute approximate surface area is 202 Å². The number of hydrogen-bond acceptors (Lipinski definition) is 6. The maximum atomic E-state index is 12.0. The summed E-state index contributed by atoms with van der Waals surface area (Å²) in [4.78, 5) is 25.2. The number of carbonyl (C=O) groups excluding carboxylic acids is 1. The molecule has 1 fully saturated rings. The molecule has 176 valence electrons. The van der Waals surface area contributed by atoms with Crippen LogP contribution >= 0.6 is 24.0 Å². The molecule has 10 nitrogen and oxygen atoms in total. The van der Waals surface area contributed by atoms with Crippen LogP contribution in [0.3, 0.4) is 0 Å². The third kappa shape index (κ3) is 7.28. The lowest BCUT2D eigenvalue weighted by molar-refractivity contribution is -0.127. The van der Waals surface area contributed by atoms with Crippen molar-refractivity contribution in [3.05, 3.63) is 11.6 Å². The van der Waals surface area contributed by atoms with Gasteiger partial charge in [0.2, 0.25) is 5.91 Å². The summed E-state index contributed by atoms with van der Waals surface area (Å²) in [5.74, 6) is 2.40. The molecule has 2 aliphatic heterocycles. The third-order valence-electron chi connectivity index (χ3n) is 5.80. The first kappa shape index (κ1) is 25.8. The molecule has 1 saturated heterocycles. The molecule has 0 bridgehead atoms. The number of nitrogens with zero attached hydrogens (tertiary/aromatic N) is 6. The summed E-state index contributed by atoms with van der Waals surface area (Å²) in [7, 11) is 5.15. The van der Waals surface area contributed by atoms with Crippen LogP contribution in [0.2, 0.25) is 0 Å². The molecule has 3 heterocycles. The molecule has 31 heavy (non-hydrogen) atoms. The summed E-state index contributed by atoms with van der Waals surface area (Å²) >= 11 is 0. The predicted octanol–water partition coefficient (Wildman–Crippen LogP) is 0.465. The first-order chi connectivity index (χ1) is 14.5. The van der Waals surface area contributed by atoms with Crippen molar-refractivity contribution in [2.75, 3.05) is 47.4 Å². The Morgan fingerprint density at radius 1 is 1.35 bits per heavy atom. The number of likely N-dealkylation sites (tertiary alicyclic amines) is 1. The van der Waals surface area contributed by atoms with Gasteiger partial charge in [0.1, 0.15) is 19.0 Å². The molecule has 2 aliphatic rings. The van der Waals surface area contributed by atoms with E-state index >= 15 is 0 Å². The predicted molar refractivity (Wildman–Crippen MR) is 131 cm³/mol. The lowest BCUT2D eigenvalue weighted by Crippen LogP contribution is -2.50. The average Bonchev–Trinajstić information content (AvgIpc) is 3.35. The molecule has 2 N–H and O–H groups in total. The lowest BCUT2D eigenvalue weighted by Gasteiger charge is -2.28. The van der Waals surface area contributed by atoms with Crippen molar-refractivity contribution in [1.82, 2.24) is 35.2 Å². The number of carbonyl (C=O) groups is 1. The largest absolute Gasteiger partial charge is 0.377 e. The van der Waals surface area contributed by atoms with E-state index in [0.29, 0.717) is 18.6 Å². The molecular weight excluding hydrogens is 511 g/mol. The minimum Gasteiger partial charge on any atom is -0.377 e. The van der Waals surface area contributed by atoms with Crippen LogP contribution in [-0.4, -0.2) is 95.9 Å². The van der Waals surface area contributed by atoms with E-state index < -0.39 is 0 Å². The highest BCUT2D eigenvalue weighted by atomic mass is 127. The number of fused-ring (bicyclic) bond motifs is 1. The van der Waals surface area contributed by atoms with Gasteiger partial charge in [0.15, 0.2) is 11.8 Å². The molecule has 0 radical (unpaired) electrons. The first-order valence-corrected chi connectivity index (χ1v) is 10.9. The van der Waals surface area contributed by atoms with Crippen LogP contribution in [0.1, 0.15) is 37.8 Å². The number of aliphatic imine (C=N–C) groups is 1. The number of halogens is 1. The molecule has 3 rings (SSSR count). The van der Waals surface area contributed by atoms with Crippen LogP contribution < -0.4 is 10.6 Å². The lowest BCUT2D eigenvalue weighted by atomic mass is 10.1. The highest BCUT2D eigenvalue weighted by Crippen LogP contribution is 2.16. The van der Waals surface area contributed by atoms with Crippen molar-refractivity contribution in [3.8, 4) is 0 Å². The molecule has 0 aliphatic carbocycles. The van der Waals surface area contributed by atoms with E-state index in [9.17, 15) is 4.79 Å². The zero-order valence-corrected chi connectivity index (χ0v) is 21.5. The standard InChI is InChI=1S/C20H36N8O2.HI/c1-5-27-10-6-7-16(27)11-21-20(22-12-19(29)26(2)3)23-15-8-9-18-24-17(14-30-4)25-28(18)13-15;/h15-16H,5-14H2,1-4H3,(H2,21,22,23);1H. The van der Waals surface area contributed by atoms with E-state index in [1.165, 1.54) is 12.8 Å². The minimum absolute atomic E-state index is 0. The first-order valence-electron chi connectivity index (χ1n) is 10.9. The molecule has 0 saturated carbocycles. The van der Waals surface area contributed by atoms with E-state index in [-0.39, 0.29) is 42.5 Å². The number of ether oxygens (including phenoxy) is 1. The normalized spacial score (nSPS) is 21.4. The van der Waals surface area contributed by atoms with Crippen molar-refractivity contribution in [2.45, 2.75) is 57.8 Å². The molecule has 2 unspecified atom stereocenters. The van der Waals surface area contributed by atoms with Crippen molar-refractivity contribution >= 4 is 35.8 Å². The SMILES string of the molecule is CCN1CCCC1CNC(=NCC(=O)N(C)C)NC1CCc2nc(COC)nn2C1.I. The molecule has 1 amide bonds. The van der Waals surface area contributed by atoms with E-state index in [1.807, 2.05) is 4.68 Å². The zero-order valence-electron chi connectivity index (χ0n) is 19.1. The fraction of sp³-hybridized carbons (Fsp3) is 0.800. The van der Waals surface area contributed by atoms with Gasteiger partial charge in [0, 0.05) is 46.3 Å². The van der Waals surface area contributed by atoms with Gasteiger partial charge in [-0.15, -0.1) is 24.0 Å². The van der Waals surface area contributed by atoms with Crippen LogP contribution in [0.25, 0.3) is 0 Å². The third-order valence-corrected chi connectivity index (χ3v) is 5.80. The number of aryl methyl sites for hydroxylation is 1. The van der Waals surface area contributed by atoms with Gasteiger partial charge in [-0.3, -0.25) is 9.69 Å². The number of aromatic nitrogens is 3. The van der Waals surface area contributed by atoms with Gasteiger partial charge in [0.05, 0.1) is 6.54 Å². The monoisotopic (exact) mass is 548 g/mol. The summed E-state index contributed by atoms with van der Waals surface area (Å²) < 4.78 is 7.10. The summed E-state index contributed by atoms with van der Waals surface area (Å²) in [5.41, 5.74) is 0. The van der Waals surface area contributed by atoms with Gasteiger partial charge in [-0.05, 0) is 32.4 Å². The zero-order chi connectivity index (χ0) is 21.5. The van der Waals surface area contributed by atoms with Crippen LogP contribution in [0, 0.1) is 0 Å². The highest BCUT2D eigenvalue weighted by molar-refractivity contribution is 14.0. The quantitative estimate of drug-likeness (QED) is 0.277. The van der Waals surface area contributed by atoms with E-state index in [2.05, 4.69) is 37.5 Å². The van der Waals surface area contributed by atoms with E-state index in [0.717, 1.165) is 50.7 Å². The Balaban J connectivity index is 0.00000341. The van der Waals surface area contributed by atoms with Gasteiger partial charge < -0.3 is 20.3 Å². The van der Waals surface area contributed by atoms with Gasteiger partial charge >= 0.3 is 0 Å². The Hall–Kier alpha value is -1.47. The van der Waals surface area contributed by atoms with Gasteiger partial charge in [0.25, 0.3) is 0 Å². The Morgan fingerprint density at radius 2 is 2.16 bits per heavy atom. The fourth-order valence-electron chi connectivity index (χ4n) is 4.06. The van der Waals surface area contributed by atoms with Crippen LogP contribution in [-0.2, 0) is 29.1 Å². The Morgan fingerprint density at radius 3 is 2.87 bits per heavy atom. The maximum absolute atomic E-state index is 12.0. The number of hydrogen-bond donors (Lipinski definition) is 2. The molecular formula is C20H37IN8O2. The number of guanidine groups is 1. The van der Waals surface area contributed by atoms with Crippen molar-refractivity contribution < 1.29 is 9.53 Å². The summed E-state index contributed by atoms with van der Waals surface area (Å²) in [6, 6.07) is 0.692. The number of nitrogens with one attached hydrogen (secondary N) is 2. The molecule has 0 aromatic carbocycles. The highest BCUT2D eigenvalue weighted by Gasteiger charge is 2.25. The topological polar surface area (TPSA) is 99.9 Å². The Kier molecular flexibility index (Phi) is 10.4. The molecule has 1 aromatic rings. The molecule has 2 atom stereocenters. The summed E-state index contributed by atoms with van der Waals surface area (Å²) in [6.45, 7) is 6.53. The van der Waals surface area contributed by atoms with Gasteiger partial charge in [-0.2, -0.15) is 5.10 Å². The number of rotatable bonds is 8. The van der Waals surface area contributed by atoms with Crippen molar-refractivity contribution in [1.29, 1.82) is 0 Å². The fourth-order valence-corrected chi connectivity index (χ4v) is 4.06. The van der Waals surface area contributed by atoms with Crippen LogP contribution in [0.5, 0.6) is 0 Å². The van der Waals surface area contributed by atoms with Crippen LogP contribution in [0.15, 0.2) is 4.99 Å². The smallest absolute Gasteiger partial charge is 0.243 e. The second-order valence-electron chi connectivity index (χ2n) is 8.20. The van der Waals surface area contributed by atoms with Gasteiger partial charge in [-0.1, -0.05) is 6.92 Å². The Bertz CT molecular complexity index is 739. The summed E-state index contributed by atoms with van der Waals surface area (Å²) in [6.07, 6.45) is 4.22. The van der Waals surface area contributed by atoms with E-state index in [1.54, 1.807) is 26.1 Å². The maximum Gasteiger partial charge on any atom is 0.243 e. The van der Waals surface area contributed by atoms with Crippen molar-refractivity contribution in [3.63, 3.8) is 0 Å². The average molecular weight is 548 g/mol. The number of methoxy groups -OCH3 is 1. The molecule has 1 aromatic heterocycles. The molecule has 11 heteroatoms. The number of likely N-dealkylation sites (N-methyl/N-ethyl adjacent to an activating group) is 2. The van der Waals surface area contributed by atoms with Crippen LogP contribution in [0.4, 0.5) is 0 Å².